The third-order valence-corrected chi connectivity index (χ3v) is 9.40. The first-order valence-corrected chi connectivity index (χ1v) is 15.0. The van der Waals surface area contributed by atoms with E-state index in [1.54, 1.807) is 48.4 Å². The average molecular weight is 599 g/mol. The van der Waals surface area contributed by atoms with Crippen molar-refractivity contribution in [3.05, 3.63) is 65.7 Å². The number of carbonyl (C=O) groups is 2. The van der Waals surface area contributed by atoms with E-state index in [0.29, 0.717) is 62.8 Å². The molecule has 2 heterocycles. The molecule has 10 nitrogen and oxygen atoms in total. The van der Waals surface area contributed by atoms with Gasteiger partial charge in [-0.1, -0.05) is 0 Å². The van der Waals surface area contributed by atoms with Crippen LogP contribution in [0.5, 0.6) is 17.2 Å². The number of anilines is 2. The van der Waals surface area contributed by atoms with Crippen LogP contribution in [-0.2, 0) is 7.05 Å². The standard InChI is InChI=1S/C33H35FN6O4/c1-35-31(41)23-12-22-26(13-29(23)43-3)36-7-6-27(22)44-28-5-4-21(11-25(28)34)37-30-24(17-40(2)39-30)32(42)38-33-14-18-8-19(15-33)10-20(9-18)16-33/h4-7,11-13,17-20H,8-10,14-16H2,1-3H3,(H,35,41)(H,37,39)(H,38,42). The second kappa shape index (κ2) is 10.8. The Morgan fingerprint density at radius 2 is 1.68 bits per heavy atom. The quantitative estimate of drug-likeness (QED) is 0.238. The van der Waals surface area contributed by atoms with E-state index >= 15 is 4.39 Å². The van der Waals surface area contributed by atoms with E-state index in [0.717, 1.165) is 19.3 Å². The normalized spacial score (nSPS) is 23.4. The minimum Gasteiger partial charge on any atom is -0.496 e. The second-order valence-electron chi connectivity index (χ2n) is 12.5. The van der Waals surface area contributed by atoms with Gasteiger partial charge in [0.15, 0.2) is 17.4 Å². The monoisotopic (exact) mass is 598 g/mol. The van der Waals surface area contributed by atoms with Gasteiger partial charge in [-0.05, 0) is 80.5 Å². The van der Waals surface area contributed by atoms with Gasteiger partial charge < -0.3 is 25.4 Å². The fourth-order valence-corrected chi connectivity index (χ4v) is 7.95. The van der Waals surface area contributed by atoms with Crippen molar-refractivity contribution in [3.63, 3.8) is 0 Å². The molecule has 4 saturated carbocycles. The highest BCUT2D eigenvalue weighted by Gasteiger charge is 2.51. The second-order valence-corrected chi connectivity index (χ2v) is 12.5. The first kappa shape index (κ1) is 28.1. The van der Waals surface area contributed by atoms with Gasteiger partial charge in [-0.2, -0.15) is 5.10 Å². The van der Waals surface area contributed by atoms with Crippen molar-refractivity contribution in [1.29, 1.82) is 0 Å². The van der Waals surface area contributed by atoms with Crippen molar-refractivity contribution < 1.29 is 23.5 Å². The fourth-order valence-electron chi connectivity index (χ4n) is 7.95. The number of fused-ring (bicyclic) bond motifs is 1. The molecule has 2 aromatic heterocycles. The third kappa shape index (κ3) is 5.10. The highest BCUT2D eigenvalue weighted by atomic mass is 19.1. The maximum Gasteiger partial charge on any atom is 0.257 e. The molecule has 4 fully saturated rings. The molecule has 228 valence electrons. The van der Waals surface area contributed by atoms with Crippen molar-refractivity contribution in [2.24, 2.45) is 24.8 Å². The first-order valence-electron chi connectivity index (χ1n) is 15.0. The summed E-state index contributed by atoms with van der Waals surface area (Å²) in [5.41, 5.74) is 1.55. The Balaban J connectivity index is 1.10. The summed E-state index contributed by atoms with van der Waals surface area (Å²) >= 11 is 0. The van der Waals surface area contributed by atoms with Gasteiger partial charge in [0.1, 0.15) is 17.1 Å². The van der Waals surface area contributed by atoms with E-state index < -0.39 is 5.82 Å². The Labute approximate surface area is 254 Å². The number of aromatic nitrogens is 3. The van der Waals surface area contributed by atoms with Gasteiger partial charge >= 0.3 is 0 Å². The molecule has 2 amide bonds. The van der Waals surface area contributed by atoms with Crippen molar-refractivity contribution in [2.75, 3.05) is 19.5 Å². The zero-order chi connectivity index (χ0) is 30.6. The molecule has 11 heteroatoms. The number of carbonyl (C=O) groups excluding carboxylic acids is 2. The van der Waals surface area contributed by atoms with E-state index in [1.165, 1.54) is 45.6 Å². The summed E-state index contributed by atoms with van der Waals surface area (Å²) in [4.78, 5) is 30.3. The summed E-state index contributed by atoms with van der Waals surface area (Å²) in [6.45, 7) is 0. The van der Waals surface area contributed by atoms with Crippen molar-refractivity contribution >= 4 is 34.2 Å². The van der Waals surface area contributed by atoms with E-state index in [9.17, 15) is 9.59 Å². The average Bonchev–Trinajstić information content (AvgIpc) is 3.36. The number of aryl methyl sites for hydroxylation is 1. The number of halogens is 1. The molecule has 44 heavy (non-hydrogen) atoms. The van der Waals surface area contributed by atoms with Crippen LogP contribution in [-0.4, -0.2) is 46.3 Å². The Bertz CT molecular complexity index is 1750. The highest BCUT2D eigenvalue weighted by Crippen LogP contribution is 2.55. The Kier molecular flexibility index (Phi) is 6.90. The lowest BCUT2D eigenvalue weighted by molar-refractivity contribution is -0.0166. The van der Waals surface area contributed by atoms with Gasteiger partial charge in [0.25, 0.3) is 11.8 Å². The zero-order valence-electron chi connectivity index (χ0n) is 24.9. The number of pyridine rings is 1. The van der Waals surface area contributed by atoms with Gasteiger partial charge in [0.2, 0.25) is 0 Å². The molecule has 4 aliphatic rings. The van der Waals surface area contributed by atoms with Crippen LogP contribution in [0, 0.1) is 23.6 Å². The van der Waals surface area contributed by atoms with Gasteiger partial charge in [0, 0.05) is 55.2 Å². The minimum atomic E-state index is -0.615. The molecular formula is C33H35FN6O4. The summed E-state index contributed by atoms with van der Waals surface area (Å²) in [7, 11) is 4.76. The zero-order valence-corrected chi connectivity index (χ0v) is 24.9. The minimum absolute atomic E-state index is 0.0128. The summed E-state index contributed by atoms with van der Waals surface area (Å²) in [5.74, 6) is 2.07. The van der Waals surface area contributed by atoms with Crippen molar-refractivity contribution in [3.8, 4) is 17.2 Å². The molecule has 0 aliphatic heterocycles. The van der Waals surface area contributed by atoms with Crippen LogP contribution in [0.4, 0.5) is 15.9 Å². The number of nitrogens with one attached hydrogen (secondary N) is 3. The van der Waals surface area contributed by atoms with Gasteiger partial charge in [-0.3, -0.25) is 19.3 Å². The van der Waals surface area contributed by atoms with Gasteiger partial charge in [-0.15, -0.1) is 0 Å². The van der Waals surface area contributed by atoms with E-state index in [-0.39, 0.29) is 23.1 Å². The molecular weight excluding hydrogens is 563 g/mol. The Morgan fingerprint density at radius 1 is 0.955 bits per heavy atom. The van der Waals surface area contributed by atoms with Crippen LogP contribution in [0.1, 0.15) is 59.2 Å². The lowest BCUT2D eigenvalue weighted by Gasteiger charge is -2.56. The first-order chi connectivity index (χ1) is 21.2. The molecule has 0 radical (unpaired) electrons. The van der Waals surface area contributed by atoms with Gasteiger partial charge in [0.05, 0.1) is 18.2 Å². The van der Waals surface area contributed by atoms with Crippen molar-refractivity contribution in [1.82, 2.24) is 25.4 Å². The van der Waals surface area contributed by atoms with Gasteiger partial charge in [-0.25, -0.2) is 4.39 Å². The summed E-state index contributed by atoms with van der Waals surface area (Å²) in [6.07, 6.45) is 10.3. The number of nitrogens with zero attached hydrogens (tertiary/aromatic N) is 3. The lowest BCUT2D eigenvalue weighted by atomic mass is 9.53. The van der Waals surface area contributed by atoms with Crippen LogP contribution in [0.15, 0.2) is 48.8 Å². The Hall–Kier alpha value is -4.67. The molecule has 8 rings (SSSR count). The fraction of sp³-hybridized carbons (Fsp3) is 0.394. The maximum atomic E-state index is 15.4. The number of methoxy groups -OCH3 is 1. The number of rotatable bonds is 8. The van der Waals surface area contributed by atoms with E-state index in [4.69, 9.17) is 9.47 Å². The van der Waals surface area contributed by atoms with E-state index in [2.05, 4.69) is 26.0 Å². The number of benzene rings is 2. The lowest BCUT2D eigenvalue weighted by Crippen LogP contribution is -2.59. The predicted molar refractivity (Wildman–Crippen MR) is 163 cm³/mol. The highest BCUT2D eigenvalue weighted by molar-refractivity contribution is 6.02. The van der Waals surface area contributed by atoms with Crippen LogP contribution >= 0.6 is 0 Å². The largest absolute Gasteiger partial charge is 0.496 e. The molecule has 0 saturated heterocycles. The van der Waals surface area contributed by atoms with Crippen LogP contribution in [0.25, 0.3) is 10.9 Å². The van der Waals surface area contributed by atoms with Crippen LogP contribution in [0.3, 0.4) is 0 Å². The Morgan fingerprint density at radius 3 is 2.34 bits per heavy atom. The molecule has 4 aromatic rings. The number of hydrogen-bond acceptors (Lipinski definition) is 7. The molecule has 2 aromatic carbocycles. The third-order valence-electron chi connectivity index (χ3n) is 9.40. The molecule has 3 N–H and O–H groups in total. The topological polar surface area (TPSA) is 119 Å². The molecule has 0 spiro atoms. The number of ether oxygens (including phenoxy) is 2. The number of hydrogen-bond donors (Lipinski definition) is 3. The molecule has 0 atom stereocenters. The SMILES string of the molecule is CNC(=O)c1cc2c(Oc3ccc(Nc4nn(C)cc4C(=O)NC45CC6CC(CC(C6)C4)C5)cc3F)ccnc2cc1OC. The van der Waals surface area contributed by atoms with Crippen LogP contribution < -0.4 is 25.4 Å². The molecule has 0 unspecified atom stereocenters. The van der Waals surface area contributed by atoms with E-state index in [1.807, 2.05) is 0 Å². The maximum absolute atomic E-state index is 15.4. The molecule has 4 bridgehead atoms. The predicted octanol–water partition coefficient (Wildman–Crippen LogP) is 5.71. The van der Waals surface area contributed by atoms with Crippen LogP contribution in [0.2, 0.25) is 0 Å². The van der Waals surface area contributed by atoms with Crippen molar-refractivity contribution in [2.45, 2.75) is 44.1 Å². The smallest absolute Gasteiger partial charge is 0.257 e. The summed E-state index contributed by atoms with van der Waals surface area (Å²) < 4.78 is 28.3. The summed E-state index contributed by atoms with van der Waals surface area (Å²) in [5, 5.41) is 14.1. The molecule has 4 aliphatic carbocycles. The number of amides is 2. The summed E-state index contributed by atoms with van der Waals surface area (Å²) in [6, 6.07) is 9.32.